The fraction of sp³-hybridized carbons (Fsp3) is 0.600. The van der Waals surface area contributed by atoms with Crippen LogP contribution in [0.2, 0.25) is 0 Å². The molecule has 0 saturated carbocycles. The number of hydrogen-bond donors (Lipinski definition) is 0. The van der Waals surface area contributed by atoms with Crippen LogP contribution in [0.1, 0.15) is 5.69 Å². The maximum atomic E-state index is 12.6. The van der Waals surface area contributed by atoms with Gasteiger partial charge in [0.1, 0.15) is 0 Å². The average Bonchev–Trinajstić information content (AvgIpc) is 2.28. The van der Waals surface area contributed by atoms with Gasteiger partial charge in [0.2, 0.25) is 0 Å². The smallest absolute Gasteiger partial charge is 0.243 e. The normalized spacial score (nSPS) is 13.4. The highest BCUT2D eigenvalue weighted by atomic mass is 19.4. The number of nitrogens with zero attached hydrogens (tertiary/aromatic N) is 3. The Kier molecular flexibility index (Phi) is 2.20. The fourth-order valence-electron chi connectivity index (χ4n) is 0.799. The molecule has 0 aliphatic heterocycles. The number of aryl methyl sites for hydroxylation is 1. The van der Waals surface area contributed by atoms with Crippen LogP contribution in [0, 0.1) is 5.95 Å². The van der Waals surface area contributed by atoms with E-state index in [-0.39, 0.29) is 4.68 Å². The summed E-state index contributed by atoms with van der Waals surface area (Å²) >= 11 is 0. The second-order valence-electron chi connectivity index (χ2n) is 2.42. The lowest BCUT2D eigenvalue weighted by Crippen LogP contribution is -2.36. The average molecular weight is 219 g/mol. The van der Waals surface area contributed by atoms with Crippen LogP contribution in [-0.4, -0.2) is 21.2 Å². The van der Waals surface area contributed by atoms with Crippen molar-refractivity contribution in [2.24, 2.45) is 7.05 Å². The summed E-state index contributed by atoms with van der Waals surface area (Å²) in [5.41, 5.74) is -1.90. The van der Waals surface area contributed by atoms with E-state index >= 15 is 0 Å². The first-order valence-corrected chi connectivity index (χ1v) is 3.18. The summed E-state index contributed by atoms with van der Waals surface area (Å²) in [6.07, 6.45) is -5.87. The van der Waals surface area contributed by atoms with Gasteiger partial charge < -0.3 is 0 Å². The van der Waals surface area contributed by atoms with Crippen molar-refractivity contribution in [1.82, 2.24) is 15.0 Å². The van der Waals surface area contributed by atoms with E-state index in [1.54, 1.807) is 0 Å². The molecule has 0 aromatic carbocycles. The molecule has 1 aromatic heterocycles. The summed E-state index contributed by atoms with van der Waals surface area (Å²) < 4.78 is 72.9. The first-order chi connectivity index (χ1) is 6.18. The first-order valence-electron chi connectivity index (χ1n) is 3.18. The molecule has 1 rings (SSSR count). The molecule has 0 unspecified atom stereocenters. The second-order valence-corrected chi connectivity index (χ2v) is 2.42. The third-order valence-corrected chi connectivity index (χ3v) is 1.44. The number of rotatable bonds is 1. The van der Waals surface area contributed by atoms with Crippen LogP contribution in [-0.2, 0) is 13.0 Å². The Labute approximate surface area is 73.3 Å². The minimum absolute atomic E-state index is 0.0445. The summed E-state index contributed by atoms with van der Waals surface area (Å²) in [6, 6.07) is 0. The highest BCUT2D eigenvalue weighted by Crippen LogP contribution is 2.43. The van der Waals surface area contributed by atoms with Crippen molar-refractivity contribution in [1.29, 1.82) is 0 Å². The van der Waals surface area contributed by atoms with Crippen molar-refractivity contribution in [3.05, 3.63) is 11.6 Å². The third-order valence-electron chi connectivity index (χ3n) is 1.44. The van der Waals surface area contributed by atoms with Gasteiger partial charge >= 0.3 is 12.1 Å². The molecule has 0 aliphatic rings. The molecule has 1 heterocycles. The van der Waals surface area contributed by atoms with Crippen molar-refractivity contribution >= 4 is 0 Å². The molecule has 1 aromatic rings. The SMILES string of the molecule is Cn1nnc(F)c1C(F)(F)C(F)(F)F. The lowest BCUT2D eigenvalue weighted by atomic mass is 10.2. The molecule has 80 valence electrons. The molecule has 0 aliphatic carbocycles. The molecule has 0 fully saturated rings. The van der Waals surface area contributed by atoms with Crippen molar-refractivity contribution in [3.63, 3.8) is 0 Å². The van der Waals surface area contributed by atoms with Crippen molar-refractivity contribution in [3.8, 4) is 0 Å². The van der Waals surface area contributed by atoms with E-state index in [1.807, 2.05) is 0 Å². The molecular weight excluding hydrogens is 216 g/mol. The maximum absolute atomic E-state index is 12.6. The zero-order valence-corrected chi connectivity index (χ0v) is 6.61. The van der Waals surface area contributed by atoms with Crippen molar-refractivity contribution < 1.29 is 26.3 Å². The van der Waals surface area contributed by atoms with E-state index in [2.05, 4.69) is 10.3 Å². The summed E-state index contributed by atoms with van der Waals surface area (Å²) in [5, 5.41) is 5.17. The van der Waals surface area contributed by atoms with E-state index in [0.717, 1.165) is 7.05 Å². The van der Waals surface area contributed by atoms with Crippen LogP contribution in [0.3, 0.4) is 0 Å². The van der Waals surface area contributed by atoms with Gasteiger partial charge in [-0.15, -0.1) is 0 Å². The molecule has 3 nitrogen and oxygen atoms in total. The van der Waals surface area contributed by atoms with Gasteiger partial charge in [-0.3, -0.25) is 0 Å². The van der Waals surface area contributed by atoms with Gasteiger partial charge in [0.15, 0.2) is 5.69 Å². The van der Waals surface area contributed by atoms with Gasteiger partial charge in [-0.2, -0.15) is 26.3 Å². The molecule has 0 N–H and O–H groups in total. The van der Waals surface area contributed by atoms with Gasteiger partial charge in [-0.05, 0) is 0 Å². The highest BCUT2D eigenvalue weighted by molar-refractivity contribution is 5.08. The topological polar surface area (TPSA) is 30.7 Å². The first kappa shape index (κ1) is 10.8. The van der Waals surface area contributed by atoms with Crippen LogP contribution in [0.4, 0.5) is 26.3 Å². The van der Waals surface area contributed by atoms with Crippen LogP contribution in [0.5, 0.6) is 0 Å². The van der Waals surface area contributed by atoms with Gasteiger partial charge in [-0.1, -0.05) is 10.3 Å². The van der Waals surface area contributed by atoms with Crippen LogP contribution < -0.4 is 0 Å². The maximum Gasteiger partial charge on any atom is 0.459 e. The van der Waals surface area contributed by atoms with Gasteiger partial charge in [0, 0.05) is 7.05 Å². The van der Waals surface area contributed by atoms with E-state index in [4.69, 9.17) is 0 Å². The van der Waals surface area contributed by atoms with Gasteiger partial charge in [0.05, 0.1) is 0 Å². The number of alkyl halides is 5. The van der Waals surface area contributed by atoms with Gasteiger partial charge in [-0.25, -0.2) is 4.68 Å². The quantitative estimate of drug-likeness (QED) is 0.671. The Morgan fingerprint density at radius 3 is 1.93 bits per heavy atom. The van der Waals surface area contributed by atoms with Gasteiger partial charge in [0.25, 0.3) is 5.95 Å². The fourth-order valence-corrected chi connectivity index (χ4v) is 0.799. The van der Waals surface area contributed by atoms with Crippen LogP contribution in [0.25, 0.3) is 0 Å². The summed E-state index contributed by atoms with van der Waals surface area (Å²) in [6.45, 7) is 0. The van der Waals surface area contributed by atoms with Crippen molar-refractivity contribution in [2.45, 2.75) is 12.1 Å². The zero-order chi connectivity index (χ0) is 11.1. The minimum Gasteiger partial charge on any atom is -0.243 e. The van der Waals surface area contributed by atoms with Crippen molar-refractivity contribution in [2.75, 3.05) is 0 Å². The second kappa shape index (κ2) is 2.85. The van der Waals surface area contributed by atoms with E-state index in [0.29, 0.717) is 0 Å². The number of hydrogen-bond acceptors (Lipinski definition) is 2. The molecule has 0 spiro atoms. The van der Waals surface area contributed by atoms with E-state index in [1.165, 1.54) is 0 Å². The Bertz CT molecular complexity index is 320. The van der Waals surface area contributed by atoms with E-state index in [9.17, 15) is 26.3 Å². The number of halogens is 6. The molecular formula is C5H3F6N3. The Hall–Kier alpha value is -1.28. The Balaban J connectivity index is 3.29. The Morgan fingerprint density at radius 2 is 1.64 bits per heavy atom. The predicted octanol–water partition coefficient (Wildman–Crippen LogP) is 1.61. The van der Waals surface area contributed by atoms with E-state index < -0.39 is 23.7 Å². The molecule has 0 bridgehead atoms. The molecule has 0 saturated heterocycles. The van der Waals surface area contributed by atoms with Crippen LogP contribution >= 0.6 is 0 Å². The largest absolute Gasteiger partial charge is 0.459 e. The monoisotopic (exact) mass is 219 g/mol. The van der Waals surface area contributed by atoms with Crippen LogP contribution in [0.15, 0.2) is 0 Å². The zero-order valence-electron chi connectivity index (χ0n) is 6.61. The minimum atomic E-state index is -5.87. The summed E-state index contributed by atoms with van der Waals surface area (Å²) in [5.74, 6) is -7.23. The molecule has 0 radical (unpaired) electrons. The standard InChI is InChI=1S/C5H3F6N3/c1-14-2(3(6)12-13-14)4(7,8)5(9,10)11/h1H3. The molecule has 0 amide bonds. The molecule has 9 heteroatoms. The third kappa shape index (κ3) is 1.42. The lowest BCUT2D eigenvalue weighted by Gasteiger charge is -2.18. The molecule has 0 atom stereocenters. The number of aromatic nitrogens is 3. The molecule has 14 heavy (non-hydrogen) atoms. The summed E-state index contributed by atoms with van der Waals surface area (Å²) in [4.78, 5) is 0. The Morgan fingerprint density at radius 1 is 1.14 bits per heavy atom. The predicted molar refractivity (Wildman–Crippen MR) is 30.9 cm³/mol. The lowest BCUT2D eigenvalue weighted by molar-refractivity contribution is -0.293. The summed E-state index contributed by atoms with van der Waals surface area (Å²) in [7, 11) is 0.741. The highest BCUT2D eigenvalue weighted by Gasteiger charge is 2.62.